The third-order valence-corrected chi connectivity index (χ3v) is 2.49. The van der Waals surface area contributed by atoms with E-state index in [9.17, 15) is 4.79 Å². The summed E-state index contributed by atoms with van der Waals surface area (Å²) in [6, 6.07) is 3.64. The molecular weight excluding hydrogens is 218 g/mol. The van der Waals surface area contributed by atoms with E-state index in [4.69, 9.17) is 0 Å². The van der Waals surface area contributed by atoms with Crippen LogP contribution >= 0.6 is 0 Å². The topological polar surface area (TPSA) is 76.5 Å². The first-order chi connectivity index (χ1) is 8.25. The van der Waals surface area contributed by atoms with Crippen LogP contribution in [0.4, 0.5) is 0 Å². The highest BCUT2D eigenvalue weighted by molar-refractivity contribution is 5.98. The number of nitrogens with one attached hydrogen (secondary N) is 1. The van der Waals surface area contributed by atoms with Crippen LogP contribution in [0.5, 0.6) is 0 Å². The van der Waals surface area contributed by atoms with E-state index >= 15 is 0 Å². The van der Waals surface area contributed by atoms with Gasteiger partial charge in [0.1, 0.15) is 5.69 Å². The maximum Gasteiger partial charge on any atom is 0.180 e. The average Bonchev–Trinajstić information content (AvgIpc) is 2.98. The lowest BCUT2D eigenvalue weighted by Gasteiger charge is -2.05. The Morgan fingerprint density at radius 1 is 1.47 bits per heavy atom. The second-order valence-electron chi connectivity index (χ2n) is 3.67. The van der Waals surface area contributed by atoms with E-state index in [1.54, 1.807) is 29.3 Å². The predicted molar refractivity (Wildman–Crippen MR) is 61.0 cm³/mol. The summed E-state index contributed by atoms with van der Waals surface area (Å²) in [6.07, 6.45) is 5.10. The second-order valence-corrected chi connectivity index (χ2v) is 3.67. The standard InChI is InChI=1S/C11H9N5O/c1-7(17)10-9(16-4-2-3-13-16)5-8-6-12-15-11(8)14-10/h2-6H,1H3,(H,12,14,15). The minimum absolute atomic E-state index is 0.105. The minimum atomic E-state index is -0.105. The number of aromatic nitrogens is 5. The van der Waals surface area contributed by atoms with Gasteiger partial charge in [0.25, 0.3) is 0 Å². The molecule has 6 nitrogen and oxygen atoms in total. The molecule has 1 N–H and O–H groups in total. The molecule has 0 saturated carbocycles. The summed E-state index contributed by atoms with van der Waals surface area (Å²) in [4.78, 5) is 15.9. The molecule has 0 aliphatic rings. The fourth-order valence-electron chi connectivity index (χ4n) is 1.71. The Balaban J connectivity index is 2.34. The van der Waals surface area contributed by atoms with Crippen LogP contribution in [-0.2, 0) is 0 Å². The van der Waals surface area contributed by atoms with Crippen LogP contribution in [0.1, 0.15) is 17.4 Å². The number of pyridine rings is 1. The summed E-state index contributed by atoms with van der Waals surface area (Å²) < 4.78 is 1.62. The number of carbonyl (C=O) groups is 1. The summed E-state index contributed by atoms with van der Waals surface area (Å²) in [5.41, 5.74) is 1.65. The fraction of sp³-hybridized carbons (Fsp3) is 0.0909. The molecule has 0 atom stereocenters. The van der Waals surface area contributed by atoms with Gasteiger partial charge in [-0.3, -0.25) is 9.89 Å². The van der Waals surface area contributed by atoms with Gasteiger partial charge in [-0.25, -0.2) is 9.67 Å². The van der Waals surface area contributed by atoms with E-state index in [-0.39, 0.29) is 5.78 Å². The van der Waals surface area contributed by atoms with Crippen molar-refractivity contribution in [2.45, 2.75) is 6.92 Å². The van der Waals surface area contributed by atoms with Gasteiger partial charge in [0.15, 0.2) is 11.4 Å². The number of H-pyrrole nitrogens is 1. The first-order valence-electron chi connectivity index (χ1n) is 5.11. The zero-order chi connectivity index (χ0) is 11.8. The monoisotopic (exact) mass is 227 g/mol. The number of nitrogens with zero attached hydrogens (tertiary/aromatic N) is 4. The number of ketones is 1. The molecule has 0 aliphatic heterocycles. The Morgan fingerprint density at radius 2 is 2.35 bits per heavy atom. The van der Waals surface area contributed by atoms with E-state index in [0.29, 0.717) is 17.0 Å². The highest BCUT2D eigenvalue weighted by Crippen LogP contribution is 2.18. The van der Waals surface area contributed by atoms with Crippen molar-refractivity contribution in [3.63, 3.8) is 0 Å². The molecule has 3 aromatic heterocycles. The van der Waals surface area contributed by atoms with Crippen molar-refractivity contribution in [3.8, 4) is 5.69 Å². The van der Waals surface area contributed by atoms with Crippen LogP contribution in [-0.4, -0.2) is 30.7 Å². The molecule has 3 rings (SSSR count). The molecule has 0 amide bonds. The van der Waals surface area contributed by atoms with E-state index in [1.807, 2.05) is 6.07 Å². The van der Waals surface area contributed by atoms with E-state index in [0.717, 1.165) is 5.39 Å². The molecule has 6 heteroatoms. The summed E-state index contributed by atoms with van der Waals surface area (Å²) >= 11 is 0. The van der Waals surface area contributed by atoms with Crippen molar-refractivity contribution in [3.05, 3.63) is 36.4 Å². The van der Waals surface area contributed by atoms with Crippen molar-refractivity contribution in [2.75, 3.05) is 0 Å². The zero-order valence-corrected chi connectivity index (χ0v) is 9.08. The molecule has 0 aromatic carbocycles. The Hall–Kier alpha value is -2.50. The van der Waals surface area contributed by atoms with Gasteiger partial charge in [0.2, 0.25) is 0 Å². The lowest BCUT2D eigenvalue weighted by Crippen LogP contribution is -2.06. The Bertz CT molecular complexity index is 683. The lowest BCUT2D eigenvalue weighted by atomic mass is 10.2. The molecule has 0 saturated heterocycles. The number of hydrogen-bond acceptors (Lipinski definition) is 4. The Labute approximate surface area is 96.3 Å². The van der Waals surface area contributed by atoms with Crippen LogP contribution in [0.3, 0.4) is 0 Å². The van der Waals surface area contributed by atoms with Crippen molar-refractivity contribution in [1.82, 2.24) is 25.0 Å². The van der Waals surface area contributed by atoms with Gasteiger partial charge in [-0.05, 0) is 12.1 Å². The Kier molecular flexibility index (Phi) is 2.01. The van der Waals surface area contributed by atoms with Gasteiger partial charge in [0, 0.05) is 24.7 Å². The van der Waals surface area contributed by atoms with E-state index in [1.165, 1.54) is 6.92 Å². The van der Waals surface area contributed by atoms with Crippen molar-refractivity contribution >= 4 is 16.8 Å². The van der Waals surface area contributed by atoms with Gasteiger partial charge in [-0.1, -0.05) is 0 Å². The molecule has 0 unspecified atom stereocenters. The summed E-state index contributed by atoms with van der Waals surface area (Å²) in [6.45, 7) is 1.48. The predicted octanol–water partition coefficient (Wildman–Crippen LogP) is 1.35. The number of carbonyl (C=O) groups excluding carboxylic acids is 1. The van der Waals surface area contributed by atoms with Gasteiger partial charge >= 0.3 is 0 Å². The Morgan fingerprint density at radius 3 is 3.06 bits per heavy atom. The molecule has 3 heterocycles. The van der Waals surface area contributed by atoms with Gasteiger partial charge in [0.05, 0.1) is 11.9 Å². The van der Waals surface area contributed by atoms with Gasteiger partial charge in [-0.2, -0.15) is 10.2 Å². The van der Waals surface area contributed by atoms with E-state index < -0.39 is 0 Å². The molecule has 84 valence electrons. The fourth-order valence-corrected chi connectivity index (χ4v) is 1.71. The lowest BCUT2D eigenvalue weighted by molar-refractivity contribution is 0.101. The number of aromatic amines is 1. The largest absolute Gasteiger partial charge is 0.293 e. The molecular formula is C11H9N5O. The van der Waals surface area contributed by atoms with Crippen molar-refractivity contribution < 1.29 is 4.79 Å². The van der Waals surface area contributed by atoms with Crippen LogP contribution in [0.2, 0.25) is 0 Å². The van der Waals surface area contributed by atoms with Crippen molar-refractivity contribution in [1.29, 1.82) is 0 Å². The van der Waals surface area contributed by atoms with Crippen LogP contribution in [0, 0.1) is 0 Å². The van der Waals surface area contributed by atoms with E-state index in [2.05, 4.69) is 20.3 Å². The third kappa shape index (κ3) is 1.50. The molecule has 0 fully saturated rings. The van der Waals surface area contributed by atoms with Crippen LogP contribution in [0.25, 0.3) is 16.7 Å². The number of rotatable bonds is 2. The highest BCUT2D eigenvalue weighted by atomic mass is 16.1. The second kappa shape index (κ2) is 3.51. The molecule has 0 radical (unpaired) electrons. The number of hydrogen-bond donors (Lipinski definition) is 1. The molecule has 3 aromatic rings. The maximum absolute atomic E-state index is 11.6. The number of fused-ring (bicyclic) bond motifs is 1. The zero-order valence-electron chi connectivity index (χ0n) is 9.08. The maximum atomic E-state index is 11.6. The molecule has 17 heavy (non-hydrogen) atoms. The minimum Gasteiger partial charge on any atom is -0.293 e. The highest BCUT2D eigenvalue weighted by Gasteiger charge is 2.13. The third-order valence-electron chi connectivity index (χ3n) is 2.49. The first kappa shape index (κ1) is 9.71. The quantitative estimate of drug-likeness (QED) is 0.670. The average molecular weight is 227 g/mol. The summed E-state index contributed by atoms with van der Waals surface area (Å²) in [7, 11) is 0. The summed E-state index contributed by atoms with van der Waals surface area (Å²) in [5, 5.41) is 11.6. The van der Waals surface area contributed by atoms with Crippen LogP contribution in [0.15, 0.2) is 30.7 Å². The summed E-state index contributed by atoms with van der Waals surface area (Å²) in [5.74, 6) is -0.105. The van der Waals surface area contributed by atoms with Gasteiger partial charge in [-0.15, -0.1) is 0 Å². The van der Waals surface area contributed by atoms with Crippen molar-refractivity contribution in [2.24, 2.45) is 0 Å². The first-order valence-corrected chi connectivity index (χ1v) is 5.11. The molecule has 0 bridgehead atoms. The number of Topliss-reactive ketones (excluding diaryl/α,β-unsaturated/α-hetero) is 1. The normalized spacial score (nSPS) is 10.9. The van der Waals surface area contributed by atoms with Crippen LogP contribution < -0.4 is 0 Å². The molecule has 0 spiro atoms. The molecule has 0 aliphatic carbocycles. The smallest absolute Gasteiger partial charge is 0.180 e. The van der Waals surface area contributed by atoms with Gasteiger partial charge < -0.3 is 0 Å². The SMILES string of the molecule is CC(=O)c1nc2[nH]ncc2cc1-n1cccn1.